The lowest BCUT2D eigenvalue weighted by atomic mass is 9.83. The second-order valence-electron chi connectivity index (χ2n) is 5.73. The second-order valence-corrected chi connectivity index (χ2v) is 5.73. The van der Waals surface area contributed by atoms with Crippen molar-refractivity contribution in [3.8, 4) is 0 Å². The van der Waals surface area contributed by atoms with Gasteiger partial charge in [-0.25, -0.2) is 0 Å². The van der Waals surface area contributed by atoms with Crippen LogP contribution in [0.15, 0.2) is 12.7 Å². The number of allylic oxidation sites excluding steroid dienone is 1. The number of fused-ring (bicyclic) bond motifs is 1. The van der Waals surface area contributed by atoms with E-state index in [1.807, 2.05) is 6.08 Å². The summed E-state index contributed by atoms with van der Waals surface area (Å²) < 4.78 is 11.4. The molecular formula is C14H20O4. The van der Waals surface area contributed by atoms with E-state index in [1.165, 1.54) is 0 Å². The Labute approximate surface area is 107 Å². The monoisotopic (exact) mass is 252 g/mol. The molecule has 3 fully saturated rings. The van der Waals surface area contributed by atoms with Crippen LogP contribution in [0, 0.1) is 11.8 Å². The molecule has 2 saturated heterocycles. The molecule has 2 heterocycles. The zero-order valence-corrected chi connectivity index (χ0v) is 10.5. The fraction of sp³-hybridized carbons (Fsp3) is 0.786. The van der Waals surface area contributed by atoms with Crippen molar-refractivity contribution in [1.29, 1.82) is 0 Å². The van der Waals surface area contributed by atoms with Gasteiger partial charge in [0, 0.05) is 19.3 Å². The van der Waals surface area contributed by atoms with Gasteiger partial charge in [-0.15, -0.1) is 6.58 Å². The summed E-state index contributed by atoms with van der Waals surface area (Å²) in [6.45, 7) is 3.76. The van der Waals surface area contributed by atoms with E-state index in [-0.39, 0.29) is 24.1 Å². The summed E-state index contributed by atoms with van der Waals surface area (Å²) in [4.78, 5) is 11.3. The van der Waals surface area contributed by atoms with Gasteiger partial charge in [0.05, 0.1) is 18.6 Å². The van der Waals surface area contributed by atoms with E-state index in [0.717, 1.165) is 19.3 Å². The maximum Gasteiger partial charge on any atom is 0.308 e. The molecule has 0 aromatic rings. The highest BCUT2D eigenvalue weighted by atomic mass is 16.7. The highest BCUT2D eigenvalue weighted by molar-refractivity contribution is 5.71. The number of carbonyl (C=O) groups is 1. The number of rotatable bonds is 2. The Morgan fingerprint density at radius 3 is 3.00 bits per heavy atom. The molecule has 0 aromatic heterocycles. The summed E-state index contributed by atoms with van der Waals surface area (Å²) in [5.41, 5.74) is 0. The fourth-order valence-corrected chi connectivity index (χ4v) is 3.79. The number of ether oxygens (including phenoxy) is 2. The molecule has 5 atom stereocenters. The lowest BCUT2D eigenvalue weighted by molar-refractivity contribution is -0.260. The van der Waals surface area contributed by atoms with Crippen LogP contribution < -0.4 is 0 Å². The van der Waals surface area contributed by atoms with Gasteiger partial charge in [-0.2, -0.15) is 0 Å². The number of hydrogen-bond acceptors (Lipinski definition) is 4. The number of esters is 1. The molecule has 1 aliphatic carbocycles. The molecule has 4 heteroatoms. The molecule has 2 aliphatic heterocycles. The molecule has 0 radical (unpaired) electrons. The van der Waals surface area contributed by atoms with Crippen molar-refractivity contribution in [1.82, 2.24) is 0 Å². The van der Waals surface area contributed by atoms with Gasteiger partial charge in [0.1, 0.15) is 0 Å². The van der Waals surface area contributed by atoms with E-state index in [4.69, 9.17) is 9.47 Å². The van der Waals surface area contributed by atoms with Crippen molar-refractivity contribution in [2.45, 2.75) is 56.5 Å². The number of aliphatic hydroxyl groups is 1. The van der Waals surface area contributed by atoms with Crippen LogP contribution in [0.4, 0.5) is 0 Å². The van der Waals surface area contributed by atoms with Crippen LogP contribution in [-0.4, -0.2) is 29.1 Å². The summed E-state index contributed by atoms with van der Waals surface area (Å²) in [6.07, 6.45) is 5.92. The maximum atomic E-state index is 11.3. The number of carbonyl (C=O) groups excluding carboxylic acids is 1. The molecular weight excluding hydrogens is 232 g/mol. The first-order valence-electron chi connectivity index (χ1n) is 6.82. The van der Waals surface area contributed by atoms with Crippen LogP contribution in [0.2, 0.25) is 0 Å². The number of hydrogen-bond donors (Lipinski definition) is 1. The molecule has 0 aromatic carbocycles. The largest absolute Gasteiger partial charge is 0.433 e. The second kappa shape index (κ2) is 4.35. The highest BCUT2D eigenvalue weighted by Gasteiger charge is 2.53. The van der Waals surface area contributed by atoms with Crippen LogP contribution in [0.25, 0.3) is 0 Å². The van der Waals surface area contributed by atoms with Crippen molar-refractivity contribution < 1.29 is 19.4 Å². The predicted molar refractivity (Wildman–Crippen MR) is 64.6 cm³/mol. The van der Waals surface area contributed by atoms with Crippen molar-refractivity contribution in [2.75, 3.05) is 0 Å². The van der Waals surface area contributed by atoms with Crippen LogP contribution in [-0.2, 0) is 14.3 Å². The smallest absolute Gasteiger partial charge is 0.308 e. The third kappa shape index (κ3) is 1.88. The van der Waals surface area contributed by atoms with E-state index < -0.39 is 5.79 Å². The molecule has 0 amide bonds. The minimum atomic E-state index is -0.680. The van der Waals surface area contributed by atoms with E-state index in [1.54, 1.807) is 0 Å². The topological polar surface area (TPSA) is 55.8 Å². The highest BCUT2D eigenvalue weighted by Crippen LogP contribution is 2.49. The van der Waals surface area contributed by atoms with Crippen LogP contribution in [0.1, 0.15) is 38.5 Å². The minimum Gasteiger partial charge on any atom is -0.433 e. The van der Waals surface area contributed by atoms with Crippen molar-refractivity contribution in [3.63, 3.8) is 0 Å². The van der Waals surface area contributed by atoms with Gasteiger partial charge in [0.15, 0.2) is 0 Å². The van der Waals surface area contributed by atoms with Gasteiger partial charge in [-0.1, -0.05) is 6.08 Å². The molecule has 0 bridgehead atoms. The molecule has 18 heavy (non-hydrogen) atoms. The first-order valence-corrected chi connectivity index (χ1v) is 6.82. The molecule has 1 N–H and O–H groups in total. The Morgan fingerprint density at radius 2 is 2.33 bits per heavy atom. The standard InChI is InChI=1S/C14H20O4/c1-2-3-9-10-4-6-14(7-5-13(16)18-14)17-12(10)8-11(9)15/h2,9-12,15H,1,3-8H2/t9-,10-,11+,12+,14-/m1/s1. The third-order valence-electron chi connectivity index (χ3n) is 4.67. The lowest BCUT2D eigenvalue weighted by Crippen LogP contribution is -2.44. The zero-order valence-electron chi connectivity index (χ0n) is 10.5. The third-order valence-corrected chi connectivity index (χ3v) is 4.67. The van der Waals surface area contributed by atoms with Crippen molar-refractivity contribution >= 4 is 5.97 Å². The molecule has 1 saturated carbocycles. The van der Waals surface area contributed by atoms with Gasteiger partial charge in [0.2, 0.25) is 5.79 Å². The maximum absolute atomic E-state index is 11.3. The summed E-state index contributed by atoms with van der Waals surface area (Å²) in [5.74, 6) is -0.208. The van der Waals surface area contributed by atoms with Crippen LogP contribution in [0.5, 0.6) is 0 Å². The Morgan fingerprint density at radius 1 is 1.50 bits per heavy atom. The first kappa shape index (κ1) is 12.2. The Bertz CT molecular complexity index is 367. The SMILES string of the molecule is C=CC[C@@H]1[C@H]2CC[C@@]3(CCC(=O)O3)O[C@H]2C[C@@H]1O. The van der Waals surface area contributed by atoms with Crippen molar-refractivity contribution in [3.05, 3.63) is 12.7 Å². The Hall–Kier alpha value is -0.870. The molecule has 3 aliphatic rings. The average Bonchev–Trinajstić information content (AvgIpc) is 2.82. The lowest BCUT2D eigenvalue weighted by Gasteiger charge is -2.40. The molecule has 4 nitrogen and oxygen atoms in total. The normalized spacial score (nSPS) is 47.1. The number of aliphatic hydroxyl groups excluding tert-OH is 1. The molecule has 0 unspecified atom stereocenters. The van der Waals surface area contributed by atoms with Gasteiger partial charge in [-0.3, -0.25) is 4.79 Å². The molecule has 1 spiro atoms. The van der Waals surface area contributed by atoms with Gasteiger partial charge >= 0.3 is 5.97 Å². The summed E-state index contributed by atoms with van der Waals surface area (Å²) in [5, 5.41) is 10.1. The molecule has 100 valence electrons. The summed E-state index contributed by atoms with van der Waals surface area (Å²) in [7, 11) is 0. The van der Waals surface area contributed by atoms with E-state index >= 15 is 0 Å². The summed E-state index contributed by atoms with van der Waals surface area (Å²) >= 11 is 0. The van der Waals surface area contributed by atoms with E-state index in [9.17, 15) is 9.90 Å². The van der Waals surface area contributed by atoms with Crippen LogP contribution >= 0.6 is 0 Å². The van der Waals surface area contributed by atoms with Gasteiger partial charge in [0.25, 0.3) is 0 Å². The molecule has 3 rings (SSSR count). The van der Waals surface area contributed by atoms with E-state index in [2.05, 4.69) is 6.58 Å². The first-order chi connectivity index (χ1) is 8.63. The fourth-order valence-electron chi connectivity index (χ4n) is 3.79. The Kier molecular flexibility index (Phi) is 2.94. The van der Waals surface area contributed by atoms with Crippen LogP contribution in [0.3, 0.4) is 0 Å². The minimum absolute atomic E-state index is 0.0320. The van der Waals surface area contributed by atoms with E-state index in [0.29, 0.717) is 25.2 Å². The quantitative estimate of drug-likeness (QED) is 0.601. The zero-order chi connectivity index (χ0) is 12.8. The average molecular weight is 252 g/mol. The van der Waals surface area contributed by atoms with Crippen molar-refractivity contribution in [2.24, 2.45) is 11.8 Å². The Balaban J connectivity index is 1.72. The van der Waals surface area contributed by atoms with Gasteiger partial charge in [-0.05, 0) is 24.7 Å². The van der Waals surface area contributed by atoms with Gasteiger partial charge < -0.3 is 14.6 Å². The predicted octanol–water partition coefficient (Wildman–Crippen LogP) is 1.77. The summed E-state index contributed by atoms with van der Waals surface area (Å²) in [6, 6.07) is 0.